The van der Waals surface area contributed by atoms with Crippen LogP contribution in [0, 0.1) is 0 Å². The topological polar surface area (TPSA) is 38.8 Å². The van der Waals surface area contributed by atoms with Crippen LogP contribution >= 0.6 is 0 Å². The third kappa shape index (κ3) is 6.19. The summed E-state index contributed by atoms with van der Waals surface area (Å²) in [5, 5.41) is 0. The molecule has 1 aliphatic rings. The van der Waals surface area contributed by atoms with Crippen molar-refractivity contribution in [3.8, 4) is 0 Å². The van der Waals surface area contributed by atoms with Crippen molar-refractivity contribution in [2.24, 2.45) is 0 Å². The number of hydrogen-bond acceptors (Lipinski definition) is 4. The van der Waals surface area contributed by atoms with Crippen LogP contribution in [-0.2, 0) is 14.3 Å². The van der Waals surface area contributed by atoms with E-state index >= 15 is 0 Å². The Labute approximate surface area is 196 Å². The molecule has 1 saturated heterocycles. The maximum atomic E-state index is 12.6. The number of carbonyl (C=O) groups is 1. The van der Waals surface area contributed by atoms with Crippen molar-refractivity contribution < 1.29 is 14.3 Å². The summed E-state index contributed by atoms with van der Waals surface area (Å²) in [5.41, 5.74) is 3.63. The van der Waals surface area contributed by atoms with E-state index in [2.05, 4.69) is 71.6 Å². The lowest BCUT2D eigenvalue weighted by Crippen LogP contribution is -2.39. The summed E-state index contributed by atoms with van der Waals surface area (Å²) in [7, 11) is 1.46. The van der Waals surface area contributed by atoms with Crippen molar-refractivity contribution in [2.45, 2.75) is 24.5 Å². The van der Waals surface area contributed by atoms with Crippen LogP contribution in [0.3, 0.4) is 0 Å². The van der Waals surface area contributed by atoms with E-state index in [1.165, 1.54) is 18.2 Å². The van der Waals surface area contributed by atoms with Crippen LogP contribution in [-0.4, -0.2) is 49.8 Å². The number of methoxy groups -OCH3 is 1. The Balaban J connectivity index is 1.46. The average Bonchev–Trinajstić information content (AvgIpc) is 3.29. The van der Waals surface area contributed by atoms with Crippen LogP contribution in [0.25, 0.3) is 6.08 Å². The summed E-state index contributed by atoms with van der Waals surface area (Å²) >= 11 is 0. The Bertz CT molecular complexity index is 981. The maximum Gasteiger partial charge on any atom is 0.323 e. The SMILES string of the molecule is COC(=O)[C@@H]1C[C@H](OC/C=C/c2ccccc2)CN1CC(c1ccccc1)c1ccccc1. The van der Waals surface area contributed by atoms with Gasteiger partial charge in [0.05, 0.1) is 19.8 Å². The van der Waals surface area contributed by atoms with E-state index in [1.807, 2.05) is 36.4 Å². The molecule has 0 radical (unpaired) electrons. The lowest BCUT2D eigenvalue weighted by Gasteiger charge is -2.28. The zero-order valence-corrected chi connectivity index (χ0v) is 19.0. The highest BCUT2D eigenvalue weighted by Gasteiger charge is 2.39. The Morgan fingerprint density at radius 3 is 2.09 bits per heavy atom. The molecule has 3 aromatic carbocycles. The fourth-order valence-corrected chi connectivity index (χ4v) is 4.51. The number of benzene rings is 3. The number of rotatable bonds is 9. The molecule has 4 heteroatoms. The summed E-state index contributed by atoms with van der Waals surface area (Å²) < 4.78 is 11.3. The zero-order chi connectivity index (χ0) is 22.9. The maximum absolute atomic E-state index is 12.6. The molecule has 0 aliphatic carbocycles. The normalized spacial score (nSPS) is 18.7. The fraction of sp³-hybridized carbons (Fsp3) is 0.276. The van der Waals surface area contributed by atoms with Gasteiger partial charge >= 0.3 is 5.97 Å². The van der Waals surface area contributed by atoms with E-state index in [4.69, 9.17) is 9.47 Å². The molecule has 0 unspecified atom stereocenters. The molecule has 0 aromatic heterocycles. The van der Waals surface area contributed by atoms with Crippen LogP contribution in [0.4, 0.5) is 0 Å². The number of hydrogen-bond donors (Lipinski definition) is 0. The minimum atomic E-state index is -0.298. The van der Waals surface area contributed by atoms with Gasteiger partial charge in [-0.25, -0.2) is 0 Å². The Kier molecular flexibility index (Phi) is 8.07. The van der Waals surface area contributed by atoms with Gasteiger partial charge in [-0.1, -0.05) is 103 Å². The number of likely N-dealkylation sites (tertiary alicyclic amines) is 1. The molecule has 4 nitrogen and oxygen atoms in total. The smallest absolute Gasteiger partial charge is 0.323 e. The number of esters is 1. The van der Waals surface area contributed by atoms with Gasteiger partial charge in [0.15, 0.2) is 0 Å². The molecule has 0 saturated carbocycles. The molecule has 0 spiro atoms. The van der Waals surface area contributed by atoms with E-state index in [-0.39, 0.29) is 24.0 Å². The number of ether oxygens (including phenoxy) is 2. The molecule has 0 N–H and O–H groups in total. The minimum Gasteiger partial charge on any atom is -0.468 e. The van der Waals surface area contributed by atoms with Crippen molar-refractivity contribution >= 4 is 12.0 Å². The van der Waals surface area contributed by atoms with E-state index in [9.17, 15) is 4.79 Å². The van der Waals surface area contributed by atoms with Gasteiger partial charge in [0.2, 0.25) is 0 Å². The molecular weight excluding hydrogens is 410 g/mol. The molecule has 4 rings (SSSR count). The third-order valence-electron chi connectivity index (χ3n) is 6.20. The molecule has 3 aromatic rings. The van der Waals surface area contributed by atoms with Gasteiger partial charge < -0.3 is 9.47 Å². The lowest BCUT2D eigenvalue weighted by molar-refractivity contribution is -0.145. The second kappa shape index (κ2) is 11.6. The highest BCUT2D eigenvalue weighted by molar-refractivity contribution is 5.76. The molecule has 0 amide bonds. The number of nitrogens with zero attached hydrogens (tertiary/aromatic N) is 1. The first kappa shape index (κ1) is 23.0. The van der Waals surface area contributed by atoms with Crippen molar-refractivity contribution in [2.75, 3.05) is 26.8 Å². The molecule has 1 aliphatic heterocycles. The van der Waals surface area contributed by atoms with Crippen LogP contribution < -0.4 is 0 Å². The van der Waals surface area contributed by atoms with Gasteiger partial charge in [-0.3, -0.25) is 9.69 Å². The average molecular weight is 442 g/mol. The van der Waals surface area contributed by atoms with Gasteiger partial charge in [0.25, 0.3) is 0 Å². The molecular formula is C29H31NO3. The lowest BCUT2D eigenvalue weighted by atomic mass is 9.90. The second-order valence-corrected chi connectivity index (χ2v) is 8.37. The second-order valence-electron chi connectivity index (χ2n) is 8.37. The van der Waals surface area contributed by atoms with E-state index < -0.39 is 0 Å². The Morgan fingerprint density at radius 2 is 1.52 bits per heavy atom. The molecule has 1 fully saturated rings. The minimum absolute atomic E-state index is 0.0123. The standard InChI is InChI=1S/C29H31NO3/c1-32-29(31)28-20-26(33-19-11-14-23-12-5-2-6-13-23)21-30(28)22-27(24-15-7-3-8-16-24)25-17-9-4-10-18-25/h2-18,26-28H,19-22H2,1H3/b14-11+/t26-,28-/m0/s1. The van der Waals surface area contributed by atoms with Crippen LogP contribution in [0.15, 0.2) is 97.1 Å². The molecule has 33 heavy (non-hydrogen) atoms. The van der Waals surface area contributed by atoms with Crippen molar-refractivity contribution in [1.82, 2.24) is 4.90 Å². The van der Waals surface area contributed by atoms with Crippen LogP contribution in [0.5, 0.6) is 0 Å². The summed E-state index contributed by atoms with van der Waals surface area (Å²) in [6.45, 7) is 1.95. The van der Waals surface area contributed by atoms with Crippen LogP contribution in [0.2, 0.25) is 0 Å². The fourth-order valence-electron chi connectivity index (χ4n) is 4.51. The quantitative estimate of drug-likeness (QED) is 0.430. The Morgan fingerprint density at radius 1 is 0.939 bits per heavy atom. The monoisotopic (exact) mass is 441 g/mol. The molecule has 0 bridgehead atoms. The largest absolute Gasteiger partial charge is 0.468 e. The van der Waals surface area contributed by atoms with E-state index in [0.29, 0.717) is 19.6 Å². The third-order valence-corrected chi connectivity index (χ3v) is 6.20. The predicted octanol–water partition coefficient (Wildman–Crippen LogP) is 5.16. The highest BCUT2D eigenvalue weighted by Crippen LogP contribution is 2.30. The first-order valence-electron chi connectivity index (χ1n) is 11.5. The van der Waals surface area contributed by atoms with Gasteiger partial charge in [-0.15, -0.1) is 0 Å². The van der Waals surface area contributed by atoms with Crippen LogP contribution in [0.1, 0.15) is 29.0 Å². The summed E-state index contributed by atoms with van der Waals surface area (Å²) in [6.07, 6.45) is 4.72. The first-order valence-corrected chi connectivity index (χ1v) is 11.5. The molecule has 2 atom stereocenters. The van der Waals surface area contributed by atoms with Crippen molar-refractivity contribution in [3.05, 3.63) is 114 Å². The summed E-state index contributed by atoms with van der Waals surface area (Å²) in [5.74, 6) is -0.0305. The highest BCUT2D eigenvalue weighted by atomic mass is 16.5. The predicted molar refractivity (Wildman–Crippen MR) is 132 cm³/mol. The van der Waals surface area contributed by atoms with Crippen molar-refractivity contribution in [3.63, 3.8) is 0 Å². The van der Waals surface area contributed by atoms with Gasteiger partial charge in [0, 0.05) is 25.4 Å². The summed E-state index contributed by atoms with van der Waals surface area (Å²) in [6, 6.07) is 30.8. The zero-order valence-electron chi connectivity index (χ0n) is 19.0. The van der Waals surface area contributed by atoms with E-state index in [0.717, 1.165) is 12.1 Å². The van der Waals surface area contributed by atoms with E-state index in [1.54, 1.807) is 0 Å². The summed E-state index contributed by atoms with van der Waals surface area (Å²) in [4.78, 5) is 14.8. The van der Waals surface area contributed by atoms with Gasteiger partial charge in [0.1, 0.15) is 6.04 Å². The van der Waals surface area contributed by atoms with Crippen molar-refractivity contribution in [1.29, 1.82) is 0 Å². The van der Waals surface area contributed by atoms with Gasteiger partial charge in [-0.2, -0.15) is 0 Å². The molecule has 170 valence electrons. The Hall–Kier alpha value is -3.21. The van der Waals surface area contributed by atoms with Gasteiger partial charge in [-0.05, 0) is 16.7 Å². The molecule has 1 heterocycles. The first-order chi connectivity index (χ1) is 16.2. The number of carbonyl (C=O) groups excluding carboxylic acids is 1.